The molecule has 1 heterocycles. The van der Waals surface area contributed by atoms with Crippen LogP contribution in [0.1, 0.15) is 57.0 Å². The van der Waals surface area contributed by atoms with Crippen molar-refractivity contribution in [1.82, 2.24) is 5.32 Å². The molecule has 1 aliphatic heterocycles. The third kappa shape index (κ3) is 6.44. The van der Waals surface area contributed by atoms with Gasteiger partial charge < -0.3 is 29.2 Å². The first-order valence-corrected chi connectivity index (χ1v) is 11.8. The number of amides is 1. The highest BCUT2D eigenvalue weighted by Gasteiger charge is 2.51. The maximum atomic E-state index is 13.0. The standard InChI is InChI=1S/C26H32BNO8/c1-6-33-21-14-18(27-35-25(2,3)26(4,5)36-27)12-13-19(21)23(30)28-20(24(31)32)15-22(29)34-16-17-10-8-7-9-11-17/h7-14,20H,6,15-16H2,1-5H3,(H,28,30)(H,31,32)/t20-/m0/s1. The molecular weight excluding hydrogens is 465 g/mol. The van der Waals surface area contributed by atoms with Gasteiger partial charge in [-0.15, -0.1) is 0 Å². The Labute approximate surface area is 211 Å². The lowest BCUT2D eigenvalue weighted by Crippen LogP contribution is -2.43. The first kappa shape index (κ1) is 27.2. The van der Waals surface area contributed by atoms with Gasteiger partial charge in [0.1, 0.15) is 18.4 Å². The maximum Gasteiger partial charge on any atom is 0.494 e. The van der Waals surface area contributed by atoms with Crippen LogP contribution in [0.5, 0.6) is 5.75 Å². The number of hydrogen-bond donors (Lipinski definition) is 2. The number of aliphatic carboxylic acids is 1. The molecule has 1 saturated heterocycles. The number of esters is 1. The normalized spacial score (nSPS) is 16.8. The Kier molecular flexibility index (Phi) is 8.42. The summed E-state index contributed by atoms with van der Waals surface area (Å²) in [6.45, 7) is 9.82. The molecule has 1 aliphatic rings. The summed E-state index contributed by atoms with van der Waals surface area (Å²) < 4.78 is 23.0. The fourth-order valence-electron chi connectivity index (χ4n) is 3.53. The minimum atomic E-state index is -1.47. The number of benzene rings is 2. The van der Waals surface area contributed by atoms with Crippen LogP contribution in [0.2, 0.25) is 0 Å². The van der Waals surface area contributed by atoms with E-state index in [1.54, 1.807) is 43.3 Å². The van der Waals surface area contributed by atoms with E-state index in [9.17, 15) is 19.5 Å². The van der Waals surface area contributed by atoms with Crippen LogP contribution in [0, 0.1) is 0 Å². The van der Waals surface area contributed by atoms with Gasteiger partial charge in [0.25, 0.3) is 5.91 Å². The second-order valence-corrected chi connectivity index (χ2v) is 9.49. The van der Waals surface area contributed by atoms with Gasteiger partial charge in [-0.25, -0.2) is 4.79 Å². The highest BCUT2D eigenvalue weighted by Crippen LogP contribution is 2.36. The first-order valence-electron chi connectivity index (χ1n) is 11.8. The zero-order valence-electron chi connectivity index (χ0n) is 21.2. The molecule has 2 aromatic carbocycles. The van der Waals surface area contributed by atoms with Crippen molar-refractivity contribution in [2.24, 2.45) is 0 Å². The average molecular weight is 497 g/mol. The molecule has 0 radical (unpaired) electrons. The van der Waals surface area contributed by atoms with E-state index < -0.39 is 48.6 Å². The molecule has 1 fully saturated rings. The fraction of sp³-hybridized carbons (Fsp3) is 0.423. The number of carbonyl (C=O) groups is 3. The highest BCUT2D eigenvalue weighted by molar-refractivity contribution is 6.62. The Morgan fingerprint density at radius 3 is 2.25 bits per heavy atom. The van der Waals surface area contributed by atoms with E-state index in [-0.39, 0.29) is 24.5 Å². The number of nitrogens with one attached hydrogen (secondary N) is 1. The molecule has 9 nitrogen and oxygen atoms in total. The summed E-state index contributed by atoms with van der Waals surface area (Å²) in [6, 6.07) is 12.4. The Balaban J connectivity index is 1.70. The molecule has 3 rings (SSSR count). The molecule has 10 heteroatoms. The number of carbonyl (C=O) groups excluding carboxylic acids is 2. The largest absolute Gasteiger partial charge is 0.494 e. The van der Waals surface area contributed by atoms with E-state index >= 15 is 0 Å². The van der Waals surface area contributed by atoms with Crippen molar-refractivity contribution in [1.29, 1.82) is 0 Å². The van der Waals surface area contributed by atoms with Crippen LogP contribution in [-0.4, -0.2) is 53.9 Å². The van der Waals surface area contributed by atoms with Gasteiger partial charge in [0.2, 0.25) is 0 Å². The van der Waals surface area contributed by atoms with Gasteiger partial charge in [-0.1, -0.05) is 36.4 Å². The summed E-state index contributed by atoms with van der Waals surface area (Å²) in [5.74, 6) is -2.54. The average Bonchev–Trinajstić information content (AvgIpc) is 3.04. The molecule has 36 heavy (non-hydrogen) atoms. The van der Waals surface area contributed by atoms with E-state index in [1.807, 2.05) is 33.8 Å². The van der Waals surface area contributed by atoms with Gasteiger partial charge >= 0.3 is 19.1 Å². The fourth-order valence-corrected chi connectivity index (χ4v) is 3.53. The topological polar surface area (TPSA) is 120 Å². The molecule has 1 atom stereocenters. The lowest BCUT2D eigenvalue weighted by Gasteiger charge is -2.32. The summed E-state index contributed by atoms with van der Waals surface area (Å²) in [5.41, 5.74) is 0.478. The van der Waals surface area contributed by atoms with Crippen molar-refractivity contribution in [2.75, 3.05) is 6.61 Å². The molecule has 0 unspecified atom stereocenters. The predicted molar refractivity (Wildman–Crippen MR) is 133 cm³/mol. The first-order chi connectivity index (χ1) is 16.9. The van der Waals surface area contributed by atoms with E-state index in [4.69, 9.17) is 18.8 Å². The Hall–Kier alpha value is -3.37. The van der Waals surface area contributed by atoms with Crippen molar-refractivity contribution >= 4 is 30.4 Å². The van der Waals surface area contributed by atoms with E-state index in [0.29, 0.717) is 5.46 Å². The smallest absolute Gasteiger partial charge is 0.493 e. The number of hydrogen-bond acceptors (Lipinski definition) is 7. The Morgan fingerprint density at radius 2 is 1.67 bits per heavy atom. The lowest BCUT2D eigenvalue weighted by atomic mass is 9.78. The second kappa shape index (κ2) is 11.1. The minimum Gasteiger partial charge on any atom is -0.493 e. The van der Waals surface area contributed by atoms with Crippen LogP contribution in [-0.2, 0) is 30.2 Å². The third-order valence-corrected chi connectivity index (χ3v) is 6.29. The second-order valence-electron chi connectivity index (χ2n) is 9.49. The van der Waals surface area contributed by atoms with E-state index in [2.05, 4.69) is 5.32 Å². The third-order valence-electron chi connectivity index (χ3n) is 6.29. The van der Waals surface area contributed by atoms with Gasteiger partial charge in [-0.3, -0.25) is 9.59 Å². The molecule has 2 N–H and O–H groups in total. The molecular formula is C26H32BNO8. The van der Waals surface area contributed by atoms with Crippen LogP contribution in [0.25, 0.3) is 0 Å². The summed E-state index contributed by atoms with van der Waals surface area (Å²) in [5, 5.41) is 12.0. The lowest BCUT2D eigenvalue weighted by molar-refractivity contribution is -0.150. The summed E-state index contributed by atoms with van der Waals surface area (Å²) >= 11 is 0. The predicted octanol–water partition coefficient (Wildman–Crippen LogP) is 2.70. The maximum absolute atomic E-state index is 13.0. The van der Waals surface area contributed by atoms with Crippen molar-refractivity contribution < 1.29 is 38.3 Å². The summed E-state index contributed by atoms with van der Waals surface area (Å²) in [7, 11) is -0.655. The number of carboxylic acids is 1. The van der Waals surface area contributed by atoms with Crippen LogP contribution in [0.15, 0.2) is 48.5 Å². The van der Waals surface area contributed by atoms with Crippen molar-refractivity contribution in [2.45, 2.75) is 64.9 Å². The molecule has 0 bridgehead atoms. The summed E-state index contributed by atoms with van der Waals surface area (Å²) in [4.78, 5) is 37.0. The van der Waals surface area contributed by atoms with E-state index in [1.165, 1.54) is 6.07 Å². The van der Waals surface area contributed by atoms with Crippen LogP contribution in [0.4, 0.5) is 0 Å². The van der Waals surface area contributed by atoms with Gasteiger partial charge in [0.15, 0.2) is 0 Å². The molecule has 2 aromatic rings. The van der Waals surface area contributed by atoms with Crippen LogP contribution in [0.3, 0.4) is 0 Å². The SMILES string of the molecule is CCOc1cc(B2OC(C)(C)C(C)(C)O2)ccc1C(=O)N[C@@H](CC(=O)OCc1ccccc1)C(=O)O. The number of rotatable bonds is 10. The van der Waals surface area contributed by atoms with Gasteiger partial charge in [-0.05, 0) is 57.8 Å². The zero-order chi connectivity index (χ0) is 26.5. The van der Waals surface area contributed by atoms with Crippen molar-refractivity contribution in [3.05, 3.63) is 59.7 Å². The summed E-state index contributed by atoms with van der Waals surface area (Å²) in [6.07, 6.45) is -0.524. The monoisotopic (exact) mass is 497 g/mol. The van der Waals surface area contributed by atoms with Crippen LogP contribution < -0.4 is 15.5 Å². The Morgan fingerprint density at radius 1 is 1.03 bits per heavy atom. The Bertz CT molecular complexity index is 1090. The van der Waals surface area contributed by atoms with Crippen LogP contribution >= 0.6 is 0 Å². The van der Waals surface area contributed by atoms with Crippen molar-refractivity contribution in [3.8, 4) is 5.75 Å². The van der Waals surface area contributed by atoms with Gasteiger partial charge in [0, 0.05) is 0 Å². The van der Waals surface area contributed by atoms with E-state index in [0.717, 1.165) is 5.56 Å². The molecule has 192 valence electrons. The van der Waals surface area contributed by atoms with Gasteiger partial charge in [0.05, 0.1) is 29.8 Å². The molecule has 0 saturated carbocycles. The molecule has 0 aromatic heterocycles. The zero-order valence-corrected chi connectivity index (χ0v) is 21.2. The molecule has 0 aliphatic carbocycles. The highest BCUT2D eigenvalue weighted by atomic mass is 16.7. The number of ether oxygens (including phenoxy) is 2. The quantitative estimate of drug-likeness (QED) is 0.380. The number of carboxylic acid groups (broad SMARTS) is 1. The minimum absolute atomic E-state index is 0.00876. The molecule has 1 amide bonds. The molecule has 0 spiro atoms. The van der Waals surface area contributed by atoms with Gasteiger partial charge in [-0.2, -0.15) is 0 Å². The van der Waals surface area contributed by atoms with Crippen molar-refractivity contribution in [3.63, 3.8) is 0 Å².